The van der Waals surface area contributed by atoms with E-state index in [0.29, 0.717) is 18.7 Å². The van der Waals surface area contributed by atoms with Crippen LogP contribution in [0.15, 0.2) is 42.6 Å². The average molecular weight is 417 g/mol. The zero-order chi connectivity index (χ0) is 19.5. The molecule has 0 radical (unpaired) electrons. The predicted molar refractivity (Wildman–Crippen MR) is 111 cm³/mol. The topological polar surface area (TPSA) is 61.5 Å². The van der Waals surface area contributed by atoms with E-state index in [1.807, 2.05) is 35.2 Å². The first-order valence-electron chi connectivity index (χ1n) is 9.07. The molecule has 0 atom stereocenters. The monoisotopic (exact) mass is 416 g/mol. The van der Waals surface area contributed by atoms with Crippen LogP contribution in [0.1, 0.15) is 15.2 Å². The number of H-pyrrole nitrogens is 1. The molecule has 0 saturated carbocycles. The van der Waals surface area contributed by atoms with Crippen molar-refractivity contribution in [1.82, 2.24) is 20.0 Å². The summed E-state index contributed by atoms with van der Waals surface area (Å²) < 4.78 is 6.02. The van der Waals surface area contributed by atoms with Crippen LogP contribution in [0.3, 0.4) is 0 Å². The highest BCUT2D eigenvalue weighted by Gasteiger charge is 2.25. The third-order valence-corrected chi connectivity index (χ3v) is 6.13. The number of methoxy groups -OCH3 is 1. The van der Waals surface area contributed by atoms with Gasteiger partial charge in [-0.05, 0) is 36.4 Å². The summed E-state index contributed by atoms with van der Waals surface area (Å²) in [6.07, 6.45) is 1.61. The number of aromatic nitrogens is 2. The lowest BCUT2D eigenvalue weighted by Crippen LogP contribution is -2.48. The molecule has 1 aliphatic rings. The first kappa shape index (κ1) is 19.0. The van der Waals surface area contributed by atoms with E-state index in [1.165, 1.54) is 4.88 Å². The van der Waals surface area contributed by atoms with Gasteiger partial charge in [-0.15, -0.1) is 11.3 Å². The second-order valence-electron chi connectivity index (χ2n) is 6.66. The van der Waals surface area contributed by atoms with E-state index < -0.39 is 0 Å². The van der Waals surface area contributed by atoms with Crippen molar-refractivity contribution in [2.45, 2.75) is 6.54 Å². The Morgan fingerprint density at radius 2 is 1.93 bits per heavy atom. The molecule has 1 aliphatic heterocycles. The highest BCUT2D eigenvalue weighted by atomic mass is 35.5. The zero-order valence-corrected chi connectivity index (χ0v) is 17.1. The number of amides is 1. The maximum atomic E-state index is 13.1. The molecular weight excluding hydrogens is 396 g/mol. The lowest BCUT2D eigenvalue weighted by Gasteiger charge is -2.34. The largest absolute Gasteiger partial charge is 0.497 e. The molecular formula is C20H21ClN4O2S. The van der Waals surface area contributed by atoms with E-state index >= 15 is 0 Å². The molecule has 146 valence electrons. The molecule has 1 N–H and O–H groups in total. The maximum Gasteiger partial charge on any atom is 0.257 e. The minimum Gasteiger partial charge on any atom is -0.497 e. The Morgan fingerprint density at radius 3 is 2.57 bits per heavy atom. The van der Waals surface area contributed by atoms with Crippen molar-refractivity contribution in [2.24, 2.45) is 0 Å². The molecule has 1 aromatic carbocycles. The predicted octanol–water partition coefficient (Wildman–Crippen LogP) is 3.76. The van der Waals surface area contributed by atoms with Gasteiger partial charge in [0.15, 0.2) is 0 Å². The number of carbonyl (C=O) groups excluding carboxylic acids is 1. The van der Waals surface area contributed by atoms with Crippen molar-refractivity contribution in [2.75, 3.05) is 33.3 Å². The molecule has 0 unspecified atom stereocenters. The molecule has 0 aliphatic carbocycles. The first-order chi connectivity index (χ1) is 13.6. The maximum absolute atomic E-state index is 13.1. The van der Waals surface area contributed by atoms with Gasteiger partial charge in [0.2, 0.25) is 0 Å². The summed E-state index contributed by atoms with van der Waals surface area (Å²) in [4.78, 5) is 18.6. The van der Waals surface area contributed by atoms with E-state index in [9.17, 15) is 4.79 Å². The third kappa shape index (κ3) is 4.06. The van der Waals surface area contributed by atoms with Gasteiger partial charge in [0, 0.05) is 43.2 Å². The van der Waals surface area contributed by atoms with E-state index in [0.717, 1.165) is 41.0 Å². The summed E-state index contributed by atoms with van der Waals surface area (Å²) in [5, 5.41) is 7.07. The Balaban J connectivity index is 1.41. The third-order valence-electron chi connectivity index (χ3n) is 4.92. The minimum atomic E-state index is 0.0124. The van der Waals surface area contributed by atoms with Gasteiger partial charge in [-0.3, -0.25) is 14.8 Å². The highest BCUT2D eigenvalue weighted by molar-refractivity contribution is 7.16. The van der Waals surface area contributed by atoms with Crippen molar-refractivity contribution in [3.05, 3.63) is 57.4 Å². The standard InChI is InChI=1S/C20H21ClN4O2S/c1-27-15-4-2-14(3-5-15)19-17(12-22-23-19)20(26)25-10-8-24(9-11-25)13-16-6-7-18(21)28-16/h2-7,12H,8-11,13H2,1H3,(H,22,23). The number of ether oxygens (including phenoxy) is 1. The van der Waals surface area contributed by atoms with Crippen LogP contribution in [0.2, 0.25) is 4.34 Å². The van der Waals surface area contributed by atoms with Crippen LogP contribution in [0.5, 0.6) is 5.75 Å². The summed E-state index contributed by atoms with van der Waals surface area (Å²) in [6, 6.07) is 11.6. The van der Waals surface area contributed by atoms with Gasteiger partial charge >= 0.3 is 0 Å². The van der Waals surface area contributed by atoms with Gasteiger partial charge in [0.05, 0.1) is 28.9 Å². The second-order valence-corrected chi connectivity index (χ2v) is 8.46. The molecule has 3 aromatic rings. The smallest absolute Gasteiger partial charge is 0.257 e. The molecule has 1 saturated heterocycles. The lowest BCUT2D eigenvalue weighted by molar-refractivity contribution is 0.0630. The number of benzene rings is 1. The van der Waals surface area contributed by atoms with E-state index in [2.05, 4.69) is 21.2 Å². The van der Waals surface area contributed by atoms with E-state index in [1.54, 1.807) is 24.6 Å². The fourth-order valence-electron chi connectivity index (χ4n) is 3.36. The number of nitrogens with zero attached hydrogens (tertiary/aromatic N) is 3. The number of hydrogen-bond donors (Lipinski definition) is 1. The van der Waals surface area contributed by atoms with Crippen molar-refractivity contribution in [3.8, 4) is 17.0 Å². The second kappa shape index (κ2) is 8.34. The normalized spacial score (nSPS) is 15.0. The van der Waals surface area contributed by atoms with E-state index in [-0.39, 0.29) is 5.91 Å². The molecule has 4 rings (SSSR count). The van der Waals surface area contributed by atoms with Gasteiger partial charge in [0.25, 0.3) is 5.91 Å². The number of carbonyl (C=O) groups is 1. The lowest BCUT2D eigenvalue weighted by atomic mass is 10.1. The summed E-state index contributed by atoms with van der Waals surface area (Å²) in [6.45, 7) is 3.96. The fourth-order valence-corrected chi connectivity index (χ4v) is 4.49. The van der Waals surface area contributed by atoms with Crippen LogP contribution < -0.4 is 4.74 Å². The van der Waals surface area contributed by atoms with Crippen molar-refractivity contribution < 1.29 is 9.53 Å². The number of rotatable bonds is 5. The number of hydrogen-bond acceptors (Lipinski definition) is 5. The van der Waals surface area contributed by atoms with Crippen LogP contribution >= 0.6 is 22.9 Å². The minimum absolute atomic E-state index is 0.0124. The summed E-state index contributed by atoms with van der Waals surface area (Å²) in [5.74, 6) is 0.790. The quantitative estimate of drug-likeness (QED) is 0.688. The summed E-state index contributed by atoms with van der Waals surface area (Å²) >= 11 is 7.62. The van der Waals surface area contributed by atoms with Crippen LogP contribution in [-0.4, -0.2) is 59.2 Å². The highest BCUT2D eigenvalue weighted by Crippen LogP contribution is 2.26. The molecule has 0 bridgehead atoms. The van der Waals surface area contributed by atoms with Crippen molar-refractivity contribution in [3.63, 3.8) is 0 Å². The number of halogens is 1. The zero-order valence-electron chi connectivity index (χ0n) is 15.5. The van der Waals surface area contributed by atoms with Crippen LogP contribution in [0.25, 0.3) is 11.3 Å². The number of piperazine rings is 1. The fraction of sp³-hybridized carbons (Fsp3) is 0.300. The number of nitrogens with one attached hydrogen (secondary N) is 1. The van der Waals surface area contributed by atoms with Gasteiger partial charge in [0.1, 0.15) is 5.75 Å². The number of aromatic amines is 1. The molecule has 1 fully saturated rings. The Kier molecular flexibility index (Phi) is 5.66. The molecule has 28 heavy (non-hydrogen) atoms. The molecule has 3 heterocycles. The van der Waals surface area contributed by atoms with Crippen LogP contribution in [0.4, 0.5) is 0 Å². The first-order valence-corrected chi connectivity index (χ1v) is 10.3. The molecule has 2 aromatic heterocycles. The van der Waals surface area contributed by atoms with Crippen LogP contribution in [-0.2, 0) is 6.54 Å². The Hall–Kier alpha value is -2.35. The Bertz CT molecular complexity index is 945. The Morgan fingerprint density at radius 1 is 1.18 bits per heavy atom. The number of thiophene rings is 1. The van der Waals surface area contributed by atoms with Crippen molar-refractivity contribution >= 4 is 28.8 Å². The van der Waals surface area contributed by atoms with Gasteiger partial charge in [-0.25, -0.2) is 0 Å². The average Bonchev–Trinajstić information content (AvgIpc) is 3.37. The SMILES string of the molecule is COc1ccc(-c2[nH]ncc2C(=O)N2CCN(Cc3ccc(Cl)s3)CC2)cc1. The van der Waals surface area contributed by atoms with Gasteiger partial charge < -0.3 is 9.64 Å². The van der Waals surface area contributed by atoms with Gasteiger partial charge in [-0.1, -0.05) is 11.6 Å². The van der Waals surface area contributed by atoms with Crippen molar-refractivity contribution in [1.29, 1.82) is 0 Å². The Labute approximate surface area is 172 Å². The molecule has 1 amide bonds. The van der Waals surface area contributed by atoms with Crippen LogP contribution in [0, 0.1) is 0 Å². The molecule has 0 spiro atoms. The van der Waals surface area contributed by atoms with E-state index in [4.69, 9.17) is 16.3 Å². The molecule has 8 heteroatoms. The summed E-state index contributed by atoms with van der Waals surface area (Å²) in [5.41, 5.74) is 2.25. The summed E-state index contributed by atoms with van der Waals surface area (Å²) in [7, 11) is 1.63. The molecule has 6 nitrogen and oxygen atoms in total. The van der Waals surface area contributed by atoms with Gasteiger partial charge in [-0.2, -0.15) is 5.10 Å².